The molecule has 4 aromatic rings. The molecular formula is C21H22N8O. The molecule has 4 heterocycles. The number of fused-ring (bicyclic) bond motifs is 1. The number of nitrogens with zero attached hydrogens (tertiary/aromatic N) is 8. The lowest BCUT2D eigenvalue weighted by molar-refractivity contribution is 0.0740. The average molecular weight is 402 g/mol. The molecule has 152 valence electrons. The van der Waals surface area contributed by atoms with Gasteiger partial charge >= 0.3 is 0 Å². The van der Waals surface area contributed by atoms with Crippen LogP contribution in [0.4, 0.5) is 5.82 Å². The van der Waals surface area contributed by atoms with Gasteiger partial charge in [-0.05, 0) is 32.0 Å². The number of rotatable bonds is 3. The lowest BCUT2D eigenvalue weighted by Crippen LogP contribution is -2.49. The van der Waals surface area contributed by atoms with Gasteiger partial charge in [-0.15, -0.1) is 0 Å². The molecule has 9 heteroatoms. The third-order valence-electron chi connectivity index (χ3n) is 5.36. The first kappa shape index (κ1) is 18.3. The molecule has 1 fully saturated rings. The summed E-state index contributed by atoms with van der Waals surface area (Å²) < 4.78 is 3.56. The van der Waals surface area contributed by atoms with E-state index in [9.17, 15) is 4.79 Å². The Bertz CT molecular complexity index is 1200. The van der Waals surface area contributed by atoms with Gasteiger partial charge in [0.05, 0.1) is 5.69 Å². The van der Waals surface area contributed by atoms with E-state index in [4.69, 9.17) is 0 Å². The van der Waals surface area contributed by atoms with E-state index in [-0.39, 0.29) is 5.91 Å². The summed E-state index contributed by atoms with van der Waals surface area (Å²) in [7, 11) is 0. The van der Waals surface area contributed by atoms with Gasteiger partial charge in [-0.25, -0.2) is 9.67 Å². The predicted molar refractivity (Wildman–Crippen MR) is 112 cm³/mol. The van der Waals surface area contributed by atoms with Crippen LogP contribution in [0.3, 0.4) is 0 Å². The highest BCUT2D eigenvalue weighted by Crippen LogP contribution is 2.19. The van der Waals surface area contributed by atoms with Gasteiger partial charge in [-0.2, -0.15) is 19.7 Å². The van der Waals surface area contributed by atoms with Crippen molar-refractivity contribution in [2.75, 3.05) is 31.1 Å². The Morgan fingerprint density at radius 2 is 1.77 bits per heavy atom. The first-order valence-electron chi connectivity index (χ1n) is 9.94. The SMILES string of the molecule is Cc1cc(N2CCN(C(=O)c3cc(C)n(-c4ccccc4)n3)CC2)n2ncnc2n1. The van der Waals surface area contributed by atoms with Crippen molar-refractivity contribution in [3.05, 3.63) is 65.9 Å². The molecule has 0 bridgehead atoms. The van der Waals surface area contributed by atoms with Crippen molar-refractivity contribution in [3.8, 4) is 5.69 Å². The Balaban J connectivity index is 1.32. The van der Waals surface area contributed by atoms with E-state index in [0.717, 1.165) is 22.9 Å². The molecule has 1 saturated heterocycles. The van der Waals surface area contributed by atoms with Gasteiger partial charge in [0.1, 0.15) is 12.1 Å². The number of benzene rings is 1. The van der Waals surface area contributed by atoms with Crippen molar-refractivity contribution in [1.82, 2.24) is 34.3 Å². The van der Waals surface area contributed by atoms with Gasteiger partial charge in [0.15, 0.2) is 5.69 Å². The third-order valence-corrected chi connectivity index (χ3v) is 5.36. The van der Waals surface area contributed by atoms with Crippen molar-refractivity contribution >= 4 is 17.5 Å². The number of para-hydroxylation sites is 1. The van der Waals surface area contributed by atoms with E-state index in [1.807, 2.05) is 65.9 Å². The number of aryl methyl sites for hydroxylation is 2. The van der Waals surface area contributed by atoms with Crippen molar-refractivity contribution in [2.45, 2.75) is 13.8 Å². The molecule has 30 heavy (non-hydrogen) atoms. The lowest BCUT2D eigenvalue weighted by Gasteiger charge is -2.35. The normalized spacial score (nSPS) is 14.5. The van der Waals surface area contributed by atoms with Crippen molar-refractivity contribution in [1.29, 1.82) is 0 Å². The van der Waals surface area contributed by atoms with Crippen LogP contribution in [0.5, 0.6) is 0 Å². The minimum Gasteiger partial charge on any atom is -0.353 e. The fourth-order valence-corrected chi connectivity index (χ4v) is 3.85. The minimum absolute atomic E-state index is 0.0377. The zero-order chi connectivity index (χ0) is 20.7. The molecule has 0 spiro atoms. The summed E-state index contributed by atoms with van der Waals surface area (Å²) in [6.45, 7) is 6.57. The van der Waals surface area contributed by atoms with Crippen LogP contribution < -0.4 is 4.90 Å². The highest BCUT2D eigenvalue weighted by molar-refractivity contribution is 5.92. The van der Waals surface area contributed by atoms with Gasteiger partial charge in [-0.3, -0.25) is 4.79 Å². The Kier molecular flexibility index (Phi) is 4.42. The first-order valence-corrected chi connectivity index (χ1v) is 9.94. The summed E-state index contributed by atoms with van der Waals surface area (Å²) in [4.78, 5) is 25.7. The van der Waals surface area contributed by atoms with Crippen LogP contribution >= 0.6 is 0 Å². The number of hydrogen-bond donors (Lipinski definition) is 0. The Hall–Kier alpha value is -3.75. The van der Waals surface area contributed by atoms with Crippen LogP contribution in [0.2, 0.25) is 0 Å². The van der Waals surface area contributed by atoms with E-state index in [1.54, 1.807) is 4.52 Å². The smallest absolute Gasteiger partial charge is 0.274 e. The molecule has 0 radical (unpaired) electrons. The number of amides is 1. The van der Waals surface area contributed by atoms with Gasteiger partial charge in [0.25, 0.3) is 11.7 Å². The monoisotopic (exact) mass is 402 g/mol. The van der Waals surface area contributed by atoms with Gasteiger partial charge < -0.3 is 9.80 Å². The molecule has 1 amide bonds. The molecule has 0 unspecified atom stereocenters. The van der Waals surface area contributed by atoms with E-state index in [1.165, 1.54) is 6.33 Å². The fourth-order valence-electron chi connectivity index (χ4n) is 3.85. The van der Waals surface area contributed by atoms with Crippen molar-refractivity contribution in [3.63, 3.8) is 0 Å². The molecule has 1 aliphatic heterocycles. The highest BCUT2D eigenvalue weighted by Gasteiger charge is 2.26. The fraction of sp³-hybridized carbons (Fsp3) is 0.286. The molecule has 1 aliphatic rings. The lowest BCUT2D eigenvalue weighted by atomic mass is 10.2. The second-order valence-electron chi connectivity index (χ2n) is 7.43. The standard InChI is InChI=1S/C21H22N8O/c1-15-12-19(29-21(24-15)22-14-23-29)26-8-10-27(11-9-26)20(30)18-13-16(2)28(25-18)17-6-4-3-5-7-17/h3-7,12-14H,8-11H2,1-2H3. The maximum atomic E-state index is 13.1. The van der Waals surface area contributed by atoms with E-state index >= 15 is 0 Å². The minimum atomic E-state index is -0.0377. The van der Waals surface area contributed by atoms with E-state index in [0.29, 0.717) is 37.7 Å². The molecule has 0 saturated carbocycles. The highest BCUT2D eigenvalue weighted by atomic mass is 16.2. The zero-order valence-corrected chi connectivity index (χ0v) is 16.9. The Labute approximate surface area is 173 Å². The predicted octanol–water partition coefficient (Wildman–Crippen LogP) is 1.89. The molecule has 0 N–H and O–H groups in total. The molecule has 1 aromatic carbocycles. The van der Waals surface area contributed by atoms with Gasteiger partial charge in [0.2, 0.25) is 0 Å². The molecule has 9 nitrogen and oxygen atoms in total. The van der Waals surface area contributed by atoms with Crippen LogP contribution in [0, 0.1) is 13.8 Å². The van der Waals surface area contributed by atoms with E-state index in [2.05, 4.69) is 25.1 Å². The van der Waals surface area contributed by atoms with Crippen LogP contribution in [-0.2, 0) is 0 Å². The summed E-state index contributed by atoms with van der Waals surface area (Å²) in [5.41, 5.74) is 3.25. The number of carbonyl (C=O) groups excluding carboxylic acids is 1. The maximum absolute atomic E-state index is 13.1. The largest absolute Gasteiger partial charge is 0.353 e. The summed E-state index contributed by atoms with van der Waals surface area (Å²) in [6.07, 6.45) is 1.51. The van der Waals surface area contributed by atoms with Gasteiger partial charge in [-0.1, -0.05) is 18.2 Å². The second kappa shape index (κ2) is 7.25. The molecule has 0 atom stereocenters. The number of piperazine rings is 1. The number of hydrogen-bond acceptors (Lipinski definition) is 6. The Morgan fingerprint density at radius 3 is 2.53 bits per heavy atom. The van der Waals surface area contributed by atoms with Crippen molar-refractivity contribution in [2.24, 2.45) is 0 Å². The van der Waals surface area contributed by atoms with Crippen LogP contribution in [-0.4, -0.2) is 66.3 Å². The molecule has 0 aliphatic carbocycles. The third kappa shape index (κ3) is 3.18. The molecule has 5 rings (SSSR count). The number of anilines is 1. The quantitative estimate of drug-likeness (QED) is 0.520. The maximum Gasteiger partial charge on any atom is 0.274 e. The van der Waals surface area contributed by atoms with Crippen LogP contribution in [0.15, 0.2) is 48.8 Å². The summed E-state index contributed by atoms with van der Waals surface area (Å²) in [6, 6.07) is 13.7. The summed E-state index contributed by atoms with van der Waals surface area (Å²) in [5, 5.41) is 8.85. The zero-order valence-electron chi connectivity index (χ0n) is 16.9. The van der Waals surface area contributed by atoms with Crippen LogP contribution in [0.1, 0.15) is 21.9 Å². The van der Waals surface area contributed by atoms with Gasteiger partial charge in [0, 0.05) is 43.6 Å². The topological polar surface area (TPSA) is 84.5 Å². The van der Waals surface area contributed by atoms with Crippen LogP contribution in [0.25, 0.3) is 11.5 Å². The number of aromatic nitrogens is 6. The number of carbonyl (C=O) groups is 1. The van der Waals surface area contributed by atoms with E-state index < -0.39 is 0 Å². The molecule has 3 aromatic heterocycles. The van der Waals surface area contributed by atoms with Crippen molar-refractivity contribution < 1.29 is 4.79 Å². The second-order valence-corrected chi connectivity index (χ2v) is 7.43. The summed E-state index contributed by atoms with van der Waals surface area (Å²) in [5.74, 6) is 1.50. The first-order chi connectivity index (χ1) is 14.6. The summed E-state index contributed by atoms with van der Waals surface area (Å²) >= 11 is 0. The Morgan fingerprint density at radius 1 is 1.00 bits per heavy atom. The average Bonchev–Trinajstić information content (AvgIpc) is 3.40. The molecular weight excluding hydrogens is 380 g/mol.